The maximum atomic E-state index is 5.49. The molecule has 3 rings (SSSR count). The monoisotopic (exact) mass is 296 g/mol. The third kappa shape index (κ3) is 2.66. The smallest absolute Gasteiger partial charge is 0.178 e. The number of aromatic nitrogens is 2. The summed E-state index contributed by atoms with van der Waals surface area (Å²) in [5.41, 5.74) is 6.19. The summed E-state index contributed by atoms with van der Waals surface area (Å²) in [5, 5.41) is 0. The minimum atomic E-state index is 0.567. The summed E-state index contributed by atoms with van der Waals surface area (Å²) in [6.45, 7) is 7.34. The molecule has 2 nitrogen and oxygen atoms in total. The lowest BCUT2D eigenvalue weighted by Gasteiger charge is -2.08. The van der Waals surface area contributed by atoms with Crippen molar-refractivity contribution in [3.8, 4) is 0 Å². The maximum Gasteiger partial charge on any atom is 0.178 e. The van der Waals surface area contributed by atoms with Crippen LogP contribution in [0.2, 0.25) is 0 Å². The molecule has 0 aliphatic carbocycles. The van der Waals surface area contributed by atoms with Crippen molar-refractivity contribution < 1.29 is 0 Å². The lowest BCUT2D eigenvalue weighted by molar-refractivity contribution is 0.806. The van der Waals surface area contributed by atoms with Crippen LogP contribution in [-0.4, -0.2) is 9.55 Å². The molecule has 0 atom stereocenters. The zero-order chi connectivity index (χ0) is 15.0. The third-order valence-electron chi connectivity index (χ3n) is 4.01. The van der Waals surface area contributed by atoms with Crippen molar-refractivity contribution in [2.75, 3.05) is 0 Å². The van der Waals surface area contributed by atoms with E-state index in [4.69, 9.17) is 12.2 Å². The van der Waals surface area contributed by atoms with E-state index in [1.165, 1.54) is 22.2 Å². The predicted octanol–water partition coefficient (Wildman–Crippen LogP) is 5.18. The van der Waals surface area contributed by atoms with Crippen molar-refractivity contribution >= 4 is 23.3 Å². The molecule has 108 valence electrons. The van der Waals surface area contributed by atoms with Gasteiger partial charge in [-0.15, -0.1) is 0 Å². The van der Waals surface area contributed by atoms with Crippen LogP contribution >= 0.6 is 12.2 Å². The molecule has 0 aliphatic rings. The largest absolute Gasteiger partial charge is 0.330 e. The number of H-pyrrole nitrogens is 1. The zero-order valence-corrected chi connectivity index (χ0v) is 13.5. The Balaban J connectivity index is 2.00. The highest BCUT2D eigenvalue weighted by atomic mass is 32.1. The van der Waals surface area contributed by atoms with Gasteiger partial charge in [-0.2, -0.15) is 0 Å². The standard InChI is InChI=1S/C18H20N2S/c1-12(2)15-9-7-14(8-10-15)11-20-16-6-4-5-13(3)17(16)19-18(20)21/h4-10,12H,11H2,1-3H3,(H,19,21). The van der Waals surface area contributed by atoms with E-state index in [1.54, 1.807) is 0 Å². The van der Waals surface area contributed by atoms with Crippen molar-refractivity contribution in [2.45, 2.75) is 33.2 Å². The van der Waals surface area contributed by atoms with Crippen LogP contribution in [0, 0.1) is 11.7 Å². The summed E-state index contributed by atoms with van der Waals surface area (Å²) in [7, 11) is 0. The molecule has 3 aromatic rings. The zero-order valence-electron chi connectivity index (χ0n) is 12.7. The fourth-order valence-electron chi connectivity index (χ4n) is 2.67. The first-order valence-corrected chi connectivity index (χ1v) is 7.74. The molecule has 0 saturated carbocycles. The third-order valence-corrected chi connectivity index (χ3v) is 4.33. The second-order valence-electron chi connectivity index (χ2n) is 5.88. The van der Waals surface area contributed by atoms with Crippen LogP contribution in [0.25, 0.3) is 11.0 Å². The van der Waals surface area contributed by atoms with E-state index < -0.39 is 0 Å². The number of benzene rings is 2. The Labute approximate surface area is 130 Å². The van der Waals surface area contributed by atoms with Gasteiger partial charge in [0.25, 0.3) is 0 Å². The fraction of sp³-hybridized carbons (Fsp3) is 0.278. The summed E-state index contributed by atoms with van der Waals surface area (Å²) in [4.78, 5) is 3.32. The minimum Gasteiger partial charge on any atom is -0.330 e. The van der Waals surface area contributed by atoms with E-state index in [0.717, 1.165) is 16.8 Å². The number of rotatable bonds is 3. The Morgan fingerprint density at radius 3 is 2.48 bits per heavy atom. The summed E-state index contributed by atoms with van der Waals surface area (Å²) < 4.78 is 2.95. The summed E-state index contributed by atoms with van der Waals surface area (Å²) in [6, 6.07) is 15.1. The molecule has 0 bridgehead atoms. The number of aromatic amines is 1. The summed E-state index contributed by atoms with van der Waals surface area (Å²) in [5.74, 6) is 0.567. The van der Waals surface area contributed by atoms with Gasteiger partial charge in [-0.3, -0.25) is 0 Å². The Kier molecular flexibility index (Phi) is 3.68. The number of aryl methyl sites for hydroxylation is 1. The first-order chi connectivity index (χ1) is 10.1. The van der Waals surface area contributed by atoms with E-state index in [1.807, 2.05) is 0 Å². The maximum absolute atomic E-state index is 5.49. The molecule has 1 aromatic heterocycles. The van der Waals surface area contributed by atoms with Gasteiger partial charge >= 0.3 is 0 Å². The molecule has 0 saturated heterocycles. The van der Waals surface area contributed by atoms with Gasteiger partial charge in [-0.25, -0.2) is 0 Å². The quantitative estimate of drug-likeness (QED) is 0.660. The minimum absolute atomic E-state index is 0.567. The van der Waals surface area contributed by atoms with Gasteiger partial charge < -0.3 is 9.55 Å². The lowest BCUT2D eigenvalue weighted by atomic mass is 10.0. The second-order valence-corrected chi connectivity index (χ2v) is 6.27. The molecule has 0 aliphatic heterocycles. The normalized spacial score (nSPS) is 11.4. The van der Waals surface area contributed by atoms with Gasteiger partial charge in [0.2, 0.25) is 0 Å². The highest BCUT2D eigenvalue weighted by molar-refractivity contribution is 7.71. The highest BCUT2D eigenvalue weighted by Gasteiger charge is 2.07. The predicted molar refractivity (Wildman–Crippen MR) is 91.5 cm³/mol. The van der Waals surface area contributed by atoms with Crippen LogP contribution < -0.4 is 0 Å². The number of hydrogen-bond acceptors (Lipinski definition) is 1. The van der Waals surface area contributed by atoms with Crippen LogP contribution in [0.4, 0.5) is 0 Å². The van der Waals surface area contributed by atoms with Gasteiger partial charge in [0.05, 0.1) is 17.6 Å². The van der Waals surface area contributed by atoms with Crippen molar-refractivity contribution in [1.82, 2.24) is 9.55 Å². The number of hydrogen-bond donors (Lipinski definition) is 1. The van der Waals surface area contributed by atoms with Gasteiger partial charge in [-0.1, -0.05) is 50.2 Å². The van der Waals surface area contributed by atoms with Crippen LogP contribution in [-0.2, 0) is 6.54 Å². The topological polar surface area (TPSA) is 20.7 Å². The Morgan fingerprint density at radius 1 is 1.10 bits per heavy atom. The van der Waals surface area contributed by atoms with Gasteiger partial charge in [0, 0.05) is 0 Å². The van der Waals surface area contributed by atoms with E-state index >= 15 is 0 Å². The fourth-order valence-corrected chi connectivity index (χ4v) is 2.94. The number of para-hydroxylation sites is 1. The molecule has 0 fully saturated rings. The second kappa shape index (κ2) is 5.49. The number of nitrogens with zero attached hydrogens (tertiary/aromatic N) is 1. The van der Waals surface area contributed by atoms with Gasteiger partial charge in [0.1, 0.15) is 0 Å². The van der Waals surface area contributed by atoms with Crippen molar-refractivity contribution in [3.05, 3.63) is 63.9 Å². The lowest BCUT2D eigenvalue weighted by Crippen LogP contribution is -2.00. The first-order valence-electron chi connectivity index (χ1n) is 7.33. The Bertz CT molecular complexity index is 823. The van der Waals surface area contributed by atoms with Crippen molar-refractivity contribution in [2.24, 2.45) is 0 Å². The average Bonchev–Trinajstić information content (AvgIpc) is 2.78. The molecule has 21 heavy (non-hydrogen) atoms. The van der Waals surface area contributed by atoms with Gasteiger partial charge in [0.15, 0.2) is 4.77 Å². The van der Waals surface area contributed by atoms with Crippen molar-refractivity contribution in [3.63, 3.8) is 0 Å². The van der Waals surface area contributed by atoms with Crippen LogP contribution in [0.15, 0.2) is 42.5 Å². The number of nitrogens with one attached hydrogen (secondary N) is 1. The molecule has 1 heterocycles. The Morgan fingerprint density at radius 2 is 1.81 bits per heavy atom. The van der Waals surface area contributed by atoms with Crippen LogP contribution in [0.1, 0.15) is 36.5 Å². The molecule has 0 spiro atoms. The SMILES string of the molecule is Cc1cccc2c1[nH]c(=S)n2Cc1ccc(C(C)C)cc1. The van der Waals surface area contributed by atoms with E-state index in [2.05, 4.69) is 72.8 Å². The van der Waals surface area contributed by atoms with E-state index in [0.29, 0.717) is 5.92 Å². The summed E-state index contributed by atoms with van der Waals surface area (Å²) >= 11 is 5.49. The molecule has 0 radical (unpaired) electrons. The number of fused-ring (bicyclic) bond motifs is 1. The van der Waals surface area contributed by atoms with E-state index in [-0.39, 0.29) is 0 Å². The first kappa shape index (κ1) is 14.1. The molecule has 1 N–H and O–H groups in total. The molecule has 3 heteroatoms. The Hall–Kier alpha value is -1.87. The average molecular weight is 296 g/mol. The molecular weight excluding hydrogens is 276 g/mol. The van der Waals surface area contributed by atoms with Crippen LogP contribution in [0.3, 0.4) is 0 Å². The van der Waals surface area contributed by atoms with Crippen molar-refractivity contribution in [1.29, 1.82) is 0 Å². The summed E-state index contributed by atoms with van der Waals surface area (Å²) in [6.07, 6.45) is 0. The van der Waals surface area contributed by atoms with E-state index in [9.17, 15) is 0 Å². The molecule has 2 aromatic carbocycles. The molecular formula is C18H20N2S. The van der Waals surface area contributed by atoms with Crippen LogP contribution in [0.5, 0.6) is 0 Å². The molecule has 0 unspecified atom stereocenters. The van der Waals surface area contributed by atoms with Gasteiger partial charge in [-0.05, 0) is 47.8 Å². The molecule has 0 amide bonds. The highest BCUT2D eigenvalue weighted by Crippen LogP contribution is 2.20. The number of imidazole rings is 1.